The fourth-order valence-corrected chi connectivity index (χ4v) is 1.68. The molecule has 1 aliphatic heterocycles. The molecule has 1 unspecified atom stereocenters. The quantitative estimate of drug-likeness (QED) is 0.477. The van der Waals surface area contributed by atoms with Gasteiger partial charge in [0.1, 0.15) is 5.60 Å². The van der Waals surface area contributed by atoms with Crippen LogP contribution < -0.4 is 0 Å². The zero-order valence-electron chi connectivity index (χ0n) is 20.5. The number of hydrogen-bond donors (Lipinski definition) is 1. The van der Waals surface area contributed by atoms with Crippen LogP contribution in [0.15, 0.2) is 0 Å². The minimum absolute atomic E-state index is 0.163. The molecule has 5 heteroatoms. The molecule has 27 heavy (non-hydrogen) atoms. The molecule has 1 heterocycles. The van der Waals surface area contributed by atoms with Gasteiger partial charge in [0.15, 0.2) is 0 Å². The fraction of sp³-hybridized carbons (Fsp3) is 0.909. The summed E-state index contributed by atoms with van der Waals surface area (Å²) in [5.41, 5.74) is -0.377. The first-order chi connectivity index (χ1) is 12.7. The lowest BCUT2D eigenvalue weighted by atomic mass is 10.0. The number of rotatable bonds is 1. The predicted molar refractivity (Wildman–Crippen MR) is 120 cm³/mol. The van der Waals surface area contributed by atoms with Gasteiger partial charge in [-0.25, -0.2) is 4.79 Å². The first kappa shape index (κ1) is 36.6. The van der Waals surface area contributed by atoms with Crippen LogP contribution in [-0.4, -0.2) is 41.3 Å². The highest BCUT2D eigenvalue weighted by Gasteiger charge is 2.25. The number of nitrogens with zero attached hydrogens (tertiary/aromatic N) is 1. The largest absolute Gasteiger partial charge is 0.483 e. The molecule has 0 aromatic heterocycles. The SMILES string of the molecule is CC.CC.CC.CC1CCCN(C(=O)OC(C)(C)C)C1.CCCC.O=CO. The molecule has 0 aromatic rings. The van der Waals surface area contributed by atoms with Crippen molar-refractivity contribution < 1.29 is 19.4 Å². The average molecular weight is 394 g/mol. The van der Waals surface area contributed by atoms with E-state index < -0.39 is 0 Å². The van der Waals surface area contributed by atoms with Crippen molar-refractivity contribution >= 4 is 12.6 Å². The minimum atomic E-state index is -0.377. The summed E-state index contributed by atoms with van der Waals surface area (Å²) >= 11 is 0. The van der Waals surface area contributed by atoms with Crippen LogP contribution >= 0.6 is 0 Å². The Balaban J connectivity index is -0.000000103. The van der Waals surface area contributed by atoms with E-state index in [2.05, 4.69) is 20.8 Å². The van der Waals surface area contributed by atoms with E-state index in [4.69, 9.17) is 14.6 Å². The average Bonchev–Trinajstić information content (AvgIpc) is 2.66. The van der Waals surface area contributed by atoms with Crippen LogP contribution in [0.3, 0.4) is 0 Å². The number of carbonyl (C=O) groups excluding carboxylic acids is 1. The Morgan fingerprint density at radius 1 is 1.07 bits per heavy atom. The van der Waals surface area contributed by atoms with Crippen molar-refractivity contribution in [1.82, 2.24) is 4.90 Å². The summed E-state index contributed by atoms with van der Waals surface area (Å²) in [7, 11) is 0. The molecule has 5 nitrogen and oxygen atoms in total. The van der Waals surface area contributed by atoms with Gasteiger partial charge in [0.2, 0.25) is 0 Å². The normalized spacial score (nSPS) is 14.4. The molecule has 1 fully saturated rings. The molecular weight excluding hydrogens is 342 g/mol. The van der Waals surface area contributed by atoms with E-state index in [0.29, 0.717) is 5.92 Å². The zero-order chi connectivity index (χ0) is 22.9. The van der Waals surface area contributed by atoms with E-state index in [-0.39, 0.29) is 18.2 Å². The van der Waals surface area contributed by atoms with Gasteiger partial charge in [-0.3, -0.25) is 4.79 Å². The third-order valence-corrected chi connectivity index (χ3v) is 2.81. The highest BCUT2D eigenvalue weighted by Crippen LogP contribution is 2.18. The van der Waals surface area contributed by atoms with Crippen LogP contribution in [0, 0.1) is 5.92 Å². The number of likely N-dealkylation sites (tertiary alicyclic amines) is 1. The molecule has 0 spiro atoms. The lowest BCUT2D eigenvalue weighted by Crippen LogP contribution is -2.42. The zero-order valence-corrected chi connectivity index (χ0v) is 20.5. The molecule has 0 aliphatic carbocycles. The predicted octanol–water partition coefficient (Wildman–Crippen LogP) is 7.24. The molecule has 0 saturated carbocycles. The van der Waals surface area contributed by atoms with Crippen molar-refractivity contribution in [3.63, 3.8) is 0 Å². The van der Waals surface area contributed by atoms with Crippen LogP contribution in [-0.2, 0) is 9.53 Å². The van der Waals surface area contributed by atoms with Gasteiger partial charge in [-0.15, -0.1) is 0 Å². The molecule has 1 N–H and O–H groups in total. The van der Waals surface area contributed by atoms with Gasteiger partial charge in [0, 0.05) is 13.1 Å². The summed E-state index contributed by atoms with van der Waals surface area (Å²) < 4.78 is 5.31. The van der Waals surface area contributed by atoms with E-state index >= 15 is 0 Å². The molecule has 1 aliphatic rings. The molecule has 0 radical (unpaired) electrons. The molecule has 0 aromatic carbocycles. The van der Waals surface area contributed by atoms with Crippen LogP contribution in [0.2, 0.25) is 0 Å². The Morgan fingerprint density at radius 2 is 1.44 bits per heavy atom. The smallest absolute Gasteiger partial charge is 0.410 e. The minimum Gasteiger partial charge on any atom is -0.483 e. The van der Waals surface area contributed by atoms with Gasteiger partial charge in [0.25, 0.3) is 6.47 Å². The molecule has 1 amide bonds. The van der Waals surface area contributed by atoms with Crippen molar-refractivity contribution in [2.45, 2.75) is 114 Å². The lowest BCUT2D eigenvalue weighted by Gasteiger charge is -2.32. The number of piperidine rings is 1. The van der Waals surface area contributed by atoms with Gasteiger partial charge < -0.3 is 14.7 Å². The standard InChI is InChI=1S/C11H21NO2.C4H10.3C2H6.CH2O2/c1-9-6-5-7-12(8-9)10(13)14-11(2,3)4;1-3-4-2;3*1-2;2-1-3/h9H,5-8H2,1-4H3;3-4H2,1-2H3;3*1-2H3;1H,(H,2,3). The summed E-state index contributed by atoms with van der Waals surface area (Å²) in [4.78, 5) is 21.8. The molecular formula is C22H51NO4. The van der Waals surface area contributed by atoms with E-state index in [1.807, 2.05) is 67.2 Å². The van der Waals surface area contributed by atoms with Crippen molar-refractivity contribution in [3.05, 3.63) is 0 Å². The molecule has 1 atom stereocenters. The van der Waals surface area contributed by atoms with E-state index in [9.17, 15) is 4.79 Å². The first-order valence-corrected chi connectivity index (χ1v) is 10.8. The number of ether oxygens (including phenoxy) is 1. The summed E-state index contributed by atoms with van der Waals surface area (Å²) in [5, 5.41) is 6.89. The highest BCUT2D eigenvalue weighted by atomic mass is 16.6. The maximum absolute atomic E-state index is 11.7. The number of amides is 1. The van der Waals surface area contributed by atoms with Gasteiger partial charge in [0.05, 0.1) is 0 Å². The first-order valence-electron chi connectivity index (χ1n) is 10.8. The number of carboxylic acid groups (broad SMARTS) is 1. The van der Waals surface area contributed by atoms with Crippen LogP contribution in [0.1, 0.15) is 109 Å². The Kier molecular flexibility index (Phi) is 40.0. The molecule has 1 saturated heterocycles. The van der Waals surface area contributed by atoms with Crippen LogP contribution in [0.4, 0.5) is 4.79 Å². The summed E-state index contributed by atoms with van der Waals surface area (Å²) in [6.07, 6.45) is 4.80. The van der Waals surface area contributed by atoms with Crippen molar-refractivity contribution in [2.24, 2.45) is 5.92 Å². The van der Waals surface area contributed by atoms with Crippen molar-refractivity contribution in [3.8, 4) is 0 Å². The van der Waals surface area contributed by atoms with Crippen molar-refractivity contribution in [2.75, 3.05) is 13.1 Å². The van der Waals surface area contributed by atoms with Gasteiger partial charge in [-0.1, -0.05) is 75.2 Å². The number of carbonyl (C=O) groups is 2. The monoisotopic (exact) mass is 393 g/mol. The maximum Gasteiger partial charge on any atom is 0.410 e. The number of unbranched alkanes of at least 4 members (excludes halogenated alkanes) is 1. The second-order valence-electron chi connectivity index (χ2n) is 6.28. The van der Waals surface area contributed by atoms with Crippen LogP contribution in [0.25, 0.3) is 0 Å². The maximum atomic E-state index is 11.7. The van der Waals surface area contributed by atoms with E-state index in [1.165, 1.54) is 19.3 Å². The summed E-state index contributed by atoms with van der Waals surface area (Å²) in [6, 6.07) is 0. The molecule has 168 valence electrons. The third kappa shape index (κ3) is 36.4. The third-order valence-electron chi connectivity index (χ3n) is 2.81. The van der Waals surface area contributed by atoms with Gasteiger partial charge in [-0.05, 0) is 39.5 Å². The van der Waals surface area contributed by atoms with Crippen LogP contribution in [0.5, 0.6) is 0 Å². The Hall–Kier alpha value is -1.26. The second kappa shape index (κ2) is 29.5. The topological polar surface area (TPSA) is 66.8 Å². The van der Waals surface area contributed by atoms with Gasteiger partial charge >= 0.3 is 6.09 Å². The Bertz CT molecular complexity index is 274. The fourth-order valence-electron chi connectivity index (χ4n) is 1.68. The summed E-state index contributed by atoms with van der Waals surface area (Å²) in [6.45, 7) is 25.7. The second-order valence-corrected chi connectivity index (χ2v) is 6.28. The lowest BCUT2D eigenvalue weighted by molar-refractivity contribution is -0.122. The summed E-state index contributed by atoms with van der Waals surface area (Å²) in [5.74, 6) is 0.608. The van der Waals surface area contributed by atoms with Gasteiger partial charge in [-0.2, -0.15) is 0 Å². The van der Waals surface area contributed by atoms with E-state index in [0.717, 1.165) is 19.5 Å². The highest BCUT2D eigenvalue weighted by molar-refractivity contribution is 5.68. The van der Waals surface area contributed by atoms with E-state index in [1.54, 1.807) is 0 Å². The van der Waals surface area contributed by atoms with Crippen molar-refractivity contribution in [1.29, 1.82) is 0 Å². The number of hydrogen-bond acceptors (Lipinski definition) is 3. The molecule has 0 bridgehead atoms. The molecule has 1 rings (SSSR count). The Labute approximate surface area is 170 Å². The Morgan fingerprint density at radius 3 is 1.70 bits per heavy atom.